The number of ether oxygens (including phenoxy) is 2. The summed E-state index contributed by atoms with van der Waals surface area (Å²) in [5.74, 6) is 0.677. The van der Waals surface area contributed by atoms with E-state index in [-0.39, 0.29) is 11.9 Å². The summed E-state index contributed by atoms with van der Waals surface area (Å²) >= 11 is 0. The summed E-state index contributed by atoms with van der Waals surface area (Å²) in [5, 5.41) is 13.0. The van der Waals surface area contributed by atoms with Crippen LogP contribution in [0.3, 0.4) is 0 Å². The van der Waals surface area contributed by atoms with Crippen LogP contribution < -0.4 is 15.4 Å². The standard InChI is InChI=1S/C17H20FN5O3/c1-25-6-7-26-16-13-10-19-15(8-14(13)22-23-16)21-17(24)20-9-11-2-4-12(18)5-3-11/h2,4,8,10H,3,5-7,9H2,1H3,(H,22,23)(H2,19,20,21,24). The molecule has 0 atom stereocenters. The number of pyridine rings is 1. The van der Waals surface area contributed by atoms with Crippen LogP contribution in [0.15, 0.2) is 35.8 Å². The fraction of sp³-hybridized carbons (Fsp3) is 0.353. The van der Waals surface area contributed by atoms with Gasteiger partial charge in [-0.15, -0.1) is 5.10 Å². The van der Waals surface area contributed by atoms with Crippen molar-refractivity contribution in [2.45, 2.75) is 12.8 Å². The Morgan fingerprint density at radius 1 is 1.35 bits per heavy atom. The molecule has 1 aliphatic rings. The number of fused-ring (bicyclic) bond motifs is 1. The van der Waals surface area contributed by atoms with E-state index in [4.69, 9.17) is 9.47 Å². The second-order valence-electron chi connectivity index (χ2n) is 5.73. The van der Waals surface area contributed by atoms with Crippen LogP contribution in [0.4, 0.5) is 15.0 Å². The van der Waals surface area contributed by atoms with E-state index >= 15 is 0 Å². The lowest BCUT2D eigenvalue weighted by Crippen LogP contribution is -2.30. The van der Waals surface area contributed by atoms with E-state index in [9.17, 15) is 9.18 Å². The fourth-order valence-corrected chi connectivity index (χ4v) is 2.45. The maximum atomic E-state index is 12.9. The molecule has 0 radical (unpaired) electrons. The van der Waals surface area contributed by atoms with Gasteiger partial charge in [0, 0.05) is 32.3 Å². The molecule has 0 fully saturated rings. The first kappa shape index (κ1) is 17.9. The Balaban J connectivity index is 1.56. The third kappa shape index (κ3) is 4.57. The van der Waals surface area contributed by atoms with Gasteiger partial charge in [0.2, 0.25) is 5.88 Å². The SMILES string of the molecule is COCCOc1n[nH]c2cc(NC(=O)NCC3=CC=C(F)CC3)ncc12. The van der Waals surface area contributed by atoms with Gasteiger partial charge in [0.15, 0.2) is 0 Å². The van der Waals surface area contributed by atoms with Crippen LogP contribution in [0.1, 0.15) is 12.8 Å². The molecule has 0 saturated carbocycles. The monoisotopic (exact) mass is 361 g/mol. The van der Waals surface area contributed by atoms with Crippen LogP contribution in [0, 0.1) is 0 Å². The maximum Gasteiger partial charge on any atom is 0.320 e. The normalized spacial score (nSPS) is 13.9. The Kier molecular flexibility index (Phi) is 5.80. The minimum atomic E-state index is -0.385. The molecule has 0 saturated heterocycles. The number of urea groups is 1. The summed E-state index contributed by atoms with van der Waals surface area (Å²) < 4.78 is 23.4. The average Bonchev–Trinajstić information content (AvgIpc) is 3.04. The molecule has 0 aromatic carbocycles. The summed E-state index contributed by atoms with van der Waals surface area (Å²) in [7, 11) is 1.59. The zero-order valence-electron chi connectivity index (χ0n) is 14.3. The van der Waals surface area contributed by atoms with Crippen LogP contribution in [0.25, 0.3) is 10.9 Å². The largest absolute Gasteiger partial charge is 0.474 e. The lowest BCUT2D eigenvalue weighted by molar-refractivity contribution is 0.144. The van der Waals surface area contributed by atoms with Gasteiger partial charge in [-0.1, -0.05) is 11.6 Å². The number of aromatic nitrogens is 3. The van der Waals surface area contributed by atoms with Gasteiger partial charge in [-0.3, -0.25) is 10.4 Å². The van der Waals surface area contributed by atoms with Gasteiger partial charge in [-0.05, 0) is 12.5 Å². The molecule has 2 aromatic rings. The number of H-pyrrole nitrogens is 1. The smallest absolute Gasteiger partial charge is 0.320 e. The average molecular weight is 361 g/mol. The van der Waals surface area contributed by atoms with Crippen LogP contribution >= 0.6 is 0 Å². The molecule has 0 aliphatic heterocycles. The number of nitrogens with one attached hydrogen (secondary N) is 3. The van der Waals surface area contributed by atoms with Gasteiger partial charge in [-0.2, -0.15) is 0 Å². The molecule has 2 aromatic heterocycles. The van der Waals surface area contributed by atoms with Gasteiger partial charge >= 0.3 is 6.03 Å². The Hall–Kier alpha value is -2.94. The van der Waals surface area contributed by atoms with E-state index in [1.165, 1.54) is 6.08 Å². The number of hydrogen-bond acceptors (Lipinski definition) is 5. The number of aromatic amines is 1. The zero-order valence-corrected chi connectivity index (χ0v) is 14.3. The summed E-state index contributed by atoms with van der Waals surface area (Å²) in [6.45, 7) is 1.20. The second kappa shape index (κ2) is 8.43. The van der Waals surface area contributed by atoms with Crippen molar-refractivity contribution in [3.05, 3.63) is 35.8 Å². The van der Waals surface area contributed by atoms with Crippen molar-refractivity contribution in [2.24, 2.45) is 0 Å². The van der Waals surface area contributed by atoms with Crippen molar-refractivity contribution in [1.29, 1.82) is 0 Å². The number of rotatable bonds is 7. The molecule has 8 nitrogen and oxygen atoms in total. The number of carbonyl (C=O) groups excluding carboxylic acids is 1. The first-order valence-electron chi connectivity index (χ1n) is 8.20. The van der Waals surface area contributed by atoms with E-state index in [1.807, 2.05) is 0 Å². The van der Waals surface area contributed by atoms with Crippen molar-refractivity contribution in [1.82, 2.24) is 20.5 Å². The highest BCUT2D eigenvalue weighted by molar-refractivity contribution is 5.92. The second-order valence-corrected chi connectivity index (χ2v) is 5.73. The van der Waals surface area contributed by atoms with Gasteiger partial charge in [0.1, 0.15) is 18.3 Å². The first-order valence-corrected chi connectivity index (χ1v) is 8.20. The number of methoxy groups -OCH3 is 1. The zero-order chi connectivity index (χ0) is 18.4. The predicted molar refractivity (Wildman–Crippen MR) is 94.8 cm³/mol. The summed E-state index contributed by atoms with van der Waals surface area (Å²) in [4.78, 5) is 16.2. The number of nitrogens with zero attached hydrogens (tertiary/aromatic N) is 2. The molecule has 9 heteroatoms. The molecule has 2 amide bonds. The van der Waals surface area contributed by atoms with E-state index < -0.39 is 0 Å². The number of allylic oxidation sites excluding steroid dienone is 3. The third-order valence-electron chi connectivity index (χ3n) is 3.84. The Morgan fingerprint density at radius 2 is 2.23 bits per heavy atom. The molecular formula is C17H20FN5O3. The number of carbonyl (C=O) groups is 1. The lowest BCUT2D eigenvalue weighted by Gasteiger charge is -2.12. The highest BCUT2D eigenvalue weighted by Crippen LogP contribution is 2.23. The number of anilines is 1. The molecule has 3 N–H and O–H groups in total. The molecule has 2 heterocycles. The molecule has 3 rings (SSSR count). The lowest BCUT2D eigenvalue weighted by atomic mass is 10.0. The summed E-state index contributed by atoms with van der Waals surface area (Å²) in [6.07, 6.45) is 5.68. The molecule has 138 valence electrons. The quantitative estimate of drug-likeness (QED) is 0.658. The van der Waals surface area contributed by atoms with Crippen molar-refractivity contribution >= 4 is 22.8 Å². The van der Waals surface area contributed by atoms with Gasteiger partial charge < -0.3 is 14.8 Å². The van der Waals surface area contributed by atoms with E-state index in [0.717, 1.165) is 5.57 Å². The molecule has 0 bridgehead atoms. The summed E-state index contributed by atoms with van der Waals surface area (Å²) in [6, 6.07) is 1.28. The van der Waals surface area contributed by atoms with E-state index in [2.05, 4.69) is 25.8 Å². The Labute approximate surface area is 149 Å². The van der Waals surface area contributed by atoms with E-state index in [1.54, 1.807) is 25.4 Å². The maximum absolute atomic E-state index is 12.9. The van der Waals surface area contributed by atoms with Gasteiger partial charge in [-0.25, -0.2) is 14.2 Å². The minimum Gasteiger partial charge on any atom is -0.474 e. The van der Waals surface area contributed by atoms with Gasteiger partial charge in [0.05, 0.1) is 17.5 Å². The van der Waals surface area contributed by atoms with Crippen molar-refractivity contribution in [3.63, 3.8) is 0 Å². The van der Waals surface area contributed by atoms with Crippen molar-refractivity contribution < 1.29 is 18.7 Å². The molecule has 1 aliphatic carbocycles. The van der Waals surface area contributed by atoms with E-state index in [0.29, 0.717) is 55.2 Å². The highest BCUT2D eigenvalue weighted by atomic mass is 19.1. The number of halogens is 1. The van der Waals surface area contributed by atoms with Crippen molar-refractivity contribution in [2.75, 3.05) is 32.2 Å². The molecular weight excluding hydrogens is 341 g/mol. The number of hydrogen-bond donors (Lipinski definition) is 3. The molecule has 0 unspecified atom stereocenters. The van der Waals surface area contributed by atoms with Crippen LogP contribution in [-0.4, -0.2) is 48.1 Å². The van der Waals surface area contributed by atoms with Crippen LogP contribution in [0.2, 0.25) is 0 Å². The third-order valence-corrected chi connectivity index (χ3v) is 3.84. The molecule has 26 heavy (non-hydrogen) atoms. The first-order chi connectivity index (χ1) is 12.7. The topological polar surface area (TPSA) is 101 Å². The Bertz CT molecular complexity index is 846. The Morgan fingerprint density at radius 3 is 3.00 bits per heavy atom. The van der Waals surface area contributed by atoms with Crippen LogP contribution in [-0.2, 0) is 4.74 Å². The highest BCUT2D eigenvalue weighted by Gasteiger charge is 2.11. The fourth-order valence-electron chi connectivity index (χ4n) is 2.45. The number of amides is 2. The van der Waals surface area contributed by atoms with Crippen molar-refractivity contribution in [3.8, 4) is 5.88 Å². The summed E-state index contributed by atoms with van der Waals surface area (Å²) in [5.41, 5.74) is 1.66. The minimum absolute atomic E-state index is 0.138. The predicted octanol–water partition coefficient (Wildman–Crippen LogP) is 2.68. The van der Waals surface area contributed by atoms with Gasteiger partial charge in [0.25, 0.3) is 0 Å². The van der Waals surface area contributed by atoms with Crippen LogP contribution in [0.5, 0.6) is 5.88 Å². The molecule has 0 spiro atoms.